The number of pyridine rings is 1. The van der Waals surface area contributed by atoms with Crippen LogP contribution in [0.4, 0.5) is 0 Å². The lowest BCUT2D eigenvalue weighted by atomic mass is 10.2. The molecule has 1 aromatic rings. The molecule has 1 saturated heterocycles. The molecule has 2 rings (SSSR count). The molecule has 14 heavy (non-hydrogen) atoms. The fourth-order valence-corrected chi connectivity index (χ4v) is 1.57. The Morgan fingerprint density at radius 3 is 2.93 bits per heavy atom. The van der Waals surface area contributed by atoms with Gasteiger partial charge in [-0.2, -0.15) is 0 Å². The van der Waals surface area contributed by atoms with Gasteiger partial charge in [-0.1, -0.05) is 0 Å². The molecule has 76 valence electrons. The number of hydrogen-bond donors (Lipinski definition) is 0. The fourth-order valence-electron chi connectivity index (χ4n) is 1.24. The lowest BCUT2D eigenvalue weighted by Crippen LogP contribution is -2.39. The Morgan fingerprint density at radius 2 is 2.36 bits per heavy atom. The normalized spacial score (nSPS) is 16.4. The van der Waals surface area contributed by atoms with Gasteiger partial charge in [0, 0.05) is 17.6 Å². The summed E-state index contributed by atoms with van der Waals surface area (Å²) < 4.78 is 6.58. The van der Waals surface area contributed by atoms with Gasteiger partial charge in [-0.05, 0) is 35.3 Å². The largest absolute Gasteiger partial charge is 0.476 e. The maximum Gasteiger partial charge on any atom is 0.142 e. The lowest BCUT2D eigenvalue weighted by Gasteiger charge is -2.30. The molecule has 0 N–H and O–H groups in total. The first kappa shape index (κ1) is 9.93. The van der Waals surface area contributed by atoms with Crippen LogP contribution in [0.5, 0.6) is 5.75 Å². The molecule has 2 heterocycles. The smallest absolute Gasteiger partial charge is 0.142 e. The topological polar surface area (TPSA) is 25.4 Å². The van der Waals surface area contributed by atoms with E-state index in [4.69, 9.17) is 4.74 Å². The minimum Gasteiger partial charge on any atom is -0.476 e. The van der Waals surface area contributed by atoms with Crippen LogP contribution in [-0.2, 0) is 0 Å². The van der Waals surface area contributed by atoms with Gasteiger partial charge in [-0.15, -0.1) is 0 Å². The maximum absolute atomic E-state index is 5.58. The second-order valence-corrected chi connectivity index (χ2v) is 4.34. The van der Waals surface area contributed by atoms with E-state index in [0.29, 0.717) is 6.73 Å². The van der Waals surface area contributed by atoms with Crippen LogP contribution in [0.3, 0.4) is 0 Å². The summed E-state index contributed by atoms with van der Waals surface area (Å²) in [6, 6.07) is 1.96. The van der Waals surface area contributed by atoms with Crippen molar-refractivity contribution in [2.24, 2.45) is 0 Å². The molecule has 0 aliphatic carbocycles. The van der Waals surface area contributed by atoms with E-state index in [9.17, 15) is 0 Å². The number of aryl methyl sites for hydroxylation is 1. The van der Waals surface area contributed by atoms with E-state index in [0.717, 1.165) is 29.0 Å². The monoisotopic (exact) mass is 256 g/mol. The molecule has 0 radical (unpaired) electrons. The van der Waals surface area contributed by atoms with Crippen molar-refractivity contribution >= 4 is 15.9 Å². The van der Waals surface area contributed by atoms with Gasteiger partial charge in [0.1, 0.15) is 12.5 Å². The standard InChI is InChI=1S/C10H13BrN2O/c1-8-10(11)5-9(6-12-8)14-7-13-3-2-4-13/h5-6H,2-4,7H2,1H3. The van der Waals surface area contributed by atoms with E-state index in [1.54, 1.807) is 6.20 Å². The van der Waals surface area contributed by atoms with E-state index in [1.165, 1.54) is 6.42 Å². The Kier molecular flexibility index (Phi) is 3.03. The Bertz CT molecular complexity index is 326. The van der Waals surface area contributed by atoms with E-state index in [1.807, 2.05) is 13.0 Å². The molecule has 1 aromatic heterocycles. The average Bonchev–Trinajstić information content (AvgIpc) is 2.08. The van der Waals surface area contributed by atoms with E-state index in [2.05, 4.69) is 25.8 Å². The van der Waals surface area contributed by atoms with Crippen molar-refractivity contribution in [3.8, 4) is 5.75 Å². The number of halogens is 1. The molecular weight excluding hydrogens is 244 g/mol. The molecule has 4 heteroatoms. The molecule has 1 aliphatic heterocycles. The SMILES string of the molecule is Cc1ncc(OCN2CCC2)cc1Br. The molecule has 0 atom stereocenters. The average molecular weight is 257 g/mol. The zero-order chi connectivity index (χ0) is 9.97. The second kappa shape index (κ2) is 4.28. The summed E-state index contributed by atoms with van der Waals surface area (Å²) in [6.45, 7) is 4.95. The third kappa shape index (κ3) is 2.25. The van der Waals surface area contributed by atoms with Crippen molar-refractivity contribution in [3.05, 3.63) is 22.4 Å². The van der Waals surface area contributed by atoms with E-state index in [-0.39, 0.29) is 0 Å². The van der Waals surface area contributed by atoms with Gasteiger partial charge < -0.3 is 4.74 Å². The van der Waals surface area contributed by atoms with Gasteiger partial charge >= 0.3 is 0 Å². The summed E-state index contributed by atoms with van der Waals surface area (Å²) in [5.74, 6) is 0.828. The molecule has 0 aromatic carbocycles. The molecule has 0 bridgehead atoms. The molecule has 3 nitrogen and oxygen atoms in total. The van der Waals surface area contributed by atoms with Crippen molar-refractivity contribution in [2.75, 3.05) is 19.8 Å². The number of ether oxygens (including phenoxy) is 1. The zero-order valence-corrected chi connectivity index (χ0v) is 9.75. The third-order valence-electron chi connectivity index (χ3n) is 2.36. The summed E-state index contributed by atoms with van der Waals surface area (Å²) in [7, 11) is 0. The minimum atomic E-state index is 0.678. The van der Waals surface area contributed by atoms with Crippen molar-refractivity contribution < 1.29 is 4.74 Å². The first-order valence-corrected chi connectivity index (χ1v) is 5.52. The van der Waals surface area contributed by atoms with Crippen molar-refractivity contribution in [3.63, 3.8) is 0 Å². The number of nitrogens with zero attached hydrogens (tertiary/aromatic N) is 2. The highest BCUT2D eigenvalue weighted by molar-refractivity contribution is 9.10. The lowest BCUT2D eigenvalue weighted by molar-refractivity contribution is 0.0728. The van der Waals surface area contributed by atoms with Crippen LogP contribution in [0, 0.1) is 6.92 Å². The van der Waals surface area contributed by atoms with Crippen molar-refractivity contribution in [1.29, 1.82) is 0 Å². The molecule has 0 saturated carbocycles. The van der Waals surface area contributed by atoms with Crippen LogP contribution in [-0.4, -0.2) is 29.7 Å². The van der Waals surface area contributed by atoms with Crippen molar-refractivity contribution in [2.45, 2.75) is 13.3 Å². The fraction of sp³-hybridized carbons (Fsp3) is 0.500. The predicted molar refractivity (Wildman–Crippen MR) is 58.4 cm³/mol. The zero-order valence-electron chi connectivity index (χ0n) is 8.16. The number of aromatic nitrogens is 1. The van der Waals surface area contributed by atoms with Crippen LogP contribution < -0.4 is 4.74 Å². The number of hydrogen-bond acceptors (Lipinski definition) is 3. The van der Waals surface area contributed by atoms with Crippen LogP contribution in [0.15, 0.2) is 16.7 Å². The highest BCUT2D eigenvalue weighted by Crippen LogP contribution is 2.20. The van der Waals surface area contributed by atoms with Gasteiger partial charge in [0.25, 0.3) is 0 Å². The Morgan fingerprint density at radius 1 is 1.57 bits per heavy atom. The molecule has 0 spiro atoms. The molecule has 1 fully saturated rings. The van der Waals surface area contributed by atoms with Gasteiger partial charge in [0.2, 0.25) is 0 Å². The Balaban J connectivity index is 1.91. The van der Waals surface area contributed by atoms with Crippen LogP contribution >= 0.6 is 15.9 Å². The Labute approximate surface area is 92.2 Å². The highest BCUT2D eigenvalue weighted by atomic mass is 79.9. The van der Waals surface area contributed by atoms with Crippen molar-refractivity contribution in [1.82, 2.24) is 9.88 Å². The summed E-state index contributed by atoms with van der Waals surface area (Å²) in [4.78, 5) is 6.47. The predicted octanol–water partition coefficient (Wildman–Crippen LogP) is 2.19. The van der Waals surface area contributed by atoms with Gasteiger partial charge in [0.05, 0.1) is 11.9 Å². The maximum atomic E-state index is 5.58. The first-order valence-electron chi connectivity index (χ1n) is 4.73. The van der Waals surface area contributed by atoms with Crippen LogP contribution in [0.1, 0.15) is 12.1 Å². The van der Waals surface area contributed by atoms with Gasteiger partial charge in [-0.3, -0.25) is 9.88 Å². The summed E-state index contributed by atoms with van der Waals surface area (Å²) >= 11 is 3.43. The summed E-state index contributed by atoms with van der Waals surface area (Å²) in [5.41, 5.74) is 0.987. The number of likely N-dealkylation sites (tertiary alicyclic amines) is 1. The molecule has 0 amide bonds. The summed E-state index contributed by atoms with van der Waals surface area (Å²) in [6.07, 6.45) is 3.05. The second-order valence-electron chi connectivity index (χ2n) is 3.48. The highest BCUT2D eigenvalue weighted by Gasteiger charge is 2.13. The van der Waals surface area contributed by atoms with Gasteiger partial charge in [0.15, 0.2) is 0 Å². The van der Waals surface area contributed by atoms with Crippen LogP contribution in [0.25, 0.3) is 0 Å². The first-order chi connectivity index (χ1) is 6.75. The van der Waals surface area contributed by atoms with Gasteiger partial charge in [-0.25, -0.2) is 0 Å². The number of rotatable bonds is 3. The quantitative estimate of drug-likeness (QED) is 0.830. The molecular formula is C10H13BrN2O. The minimum absolute atomic E-state index is 0.678. The third-order valence-corrected chi connectivity index (χ3v) is 3.17. The molecule has 0 unspecified atom stereocenters. The van der Waals surface area contributed by atoms with E-state index >= 15 is 0 Å². The van der Waals surface area contributed by atoms with E-state index < -0.39 is 0 Å². The van der Waals surface area contributed by atoms with Crippen LogP contribution in [0.2, 0.25) is 0 Å². The molecule has 1 aliphatic rings. The Hall–Kier alpha value is -0.610. The summed E-state index contributed by atoms with van der Waals surface area (Å²) in [5, 5.41) is 0.